The van der Waals surface area contributed by atoms with Crippen molar-refractivity contribution in [2.24, 2.45) is 0 Å². The maximum absolute atomic E-state index is 13.7. The summed E-state index contributed by atoms with van der Waals surface area (Å²) in [6.45, 7) is 0.436. The number of carbonyl (C=O) groups excluding carboxylic acids is 2. The maximum atomic E-state index is 13.7. The number of rotatable bonds is 7. The number of hydrogen-bond donors (Lipinski definition) is 0. The van der Waals surface area contributed by atoms with Gasteiger partial charge in [-0.3, -0.25) is 9.59 Å². The molecule has 0 saturated heterocycles. The first-order valence-corrected chi connectivity index (χ1v) is 12.4. The van der Waals surface area contributed by atoms with E-state index in [0.717, 1.165) is 5.56 Å². The molecule has 0 bridgehead atoms. The molecule has 0 unspecified atom stereocenters. The van der Waals surface area contributed by atoms with Gasteiger partial charge in [-0.2, -0.15) is 0 Å². The fraction of sp³-hybridized carbons (Fsp3) is 0.231. The summed E-state index contributed by atoms with van der Waals surface area (Å²) in [5.41, 5.74) is 1.99. The summed E-state index contributed by atoms with van der Waals surface area (Å²) in [6.07, 6.45) is -0.574. The van der Waals surface area contributed by atoms with Crippen LogP contribution in [0.1, 0.15) is 26.3 Å². The SMILES string of the molecule is COC(CN(C)C(=O)c1ccc2c(c1)N(Cc1ccc(Cl)cc1)C(=O)c1ccccc1[S@]2=O)OC. The topological polar surface area (TPSA) is 76.2 Å². The fourth-order valence-electron chi connectivity index (χ4n) is 3.90. The number of fused-ring (bicyclic) bond motifs is 2. The predicted octanol–water partition coefficient (Wildman–Crippen LogP) is 4.36. The van der Waals surface area contributed by atoms with Gasteiger partial charge in [0.2, 0.25) is 0 Å². The van der Waals surface area contributed by atoms with E-state index in [9.17, 15) is 13.8 Å². The minimum absolute atomic E-state index is 0.216. The van der Waals surface area contributed by atoms with Crippen molar-refractivity contribution in [1.82, 2.24) is 4.90 Å². The summed E-state index contributed by atoms with van der Waals surface area (Å²) in [7, 11) is 3.04. The van der Waals surface area contributed by atoms with Crippen LogP contribution in [0.25, 0.3) is 0 Å². The average molecular weight is 513 g/mol. The van der Waals surface area contributed by atoms with Gasteiger partial charge in [0, 0.05) is 31.9 Å². The number of carbonyl (C=O) groups is 2. The lowest BCUT2D eigenvalue weighted by atomic mass is 10.1. The van der Waals surface area contributed by atoms with E-state index in [1.54, 1.807) is 66.5 Å². The van der Waals surface area contributed by atoms with Crippen molar-refractivity contribution >= 4 is 39.9 Å². The van der Waals surface area contributed by atoms with Gasteiger partial charge in [0.05, 0.1) is 44.9 Å². The molecule has 0 saturated carbocycles. The highest BCUT2D eigenvalue weighted by atomic mass is 35.5. The van der Waals surface area contributed by atoms with Gasteiger partial charge in [0.1, 0.15) is 0 Å². The molecule has 9 heteroatoms. The fourth-order valence-corrected chi connectivity index (χ4v) is 5.37. The first-order valence-electron chi connectivity index (χ1n) is 10.9. The van der Waals surface area contributed by atoms with Gasteiger partial charge in [-0.1, -0.05) is 35.9 Å². The Morgan fingerprint density at radius 2 is 1.71 bits per heavy atom. The lowest BCUT2D eigenvalue weighted by Crippen LogP contribution is -2.36. The van der Waals surface area contributed by atoms with Gasteiger partial charge < -0.3 is 19.3 Å². The van der Waals surface area contributed by atoms with E-state index in [0.29, 0.717) is 31.6 Å². The second kappa shape index (κ2) is 10.7. The highest BCUT2D eigenvalue weighted by Gasteiger charge is 2.32. The number of hydrogen-bond acceptors (Lipinski definition) is 5. The molecule has 4 rings (SSSR count). The van der Waals surface area contributed by atoms with Crippen LogP contribution in [0.2, 0.25) is 5.02 Å². The van der Waals surface area contributed by atoms with Crippen LogP contribution in [0.3, 0.4) is 0 Å². The largest absolute Gasteiger partial charge is 0.354 e. The van der Waals surface area contributed by atoms with Crippen molar-refractivity contribution in [1.29, 1.82) is 0 Å². The van der Waals surface area contributed by atoms with Crippen LogP contribution in [0, 0.1) is 0 Å². The quantitative estimate of drug-likeness (QED) is 0.440. The number of halogens is 1. The third-order valence-electron chi connectivity index (χ3n) is 5.81. The zero-order valence-corrected chi connectivity index (χ0v) is 21.1. The van der Waals surface area contributed by atoms with E-state index in [-0.39, 0.29) is 24.9 Å². The zero-order valence-electron chi connectivity index (χ0n) is 19.6. The molecule has 3 aromatic carbocycles. The minimum Gasteiger partial charge on any atom is -0.354 e. The van der Waals surface area contributed by atoms with Crippen LogP contribution in [-0.4, -0.2) is 55.0 Å². The molecule has 0 radical (unpaired) electrons. The minimum atomic E-state index is -1.60. The van der Waals surface area contributed by atoms with E-state index < -0.39 is 17.1 Å². The van der Waals surface area contributed by atoms with Crippen LogP contribution < -0.4 is 4.90 Å². The molecule has 3 aromatic rings. The molecule has 7 nitrogen and oxygen atoms in total. The number of ether oxygens (including phenoxy) is 2. The van der Waals surface area contributed by atoms with Crippen molar-refractivity contribution in [2.45, 2.75) is 22.6 Å². The molecule has 2 amide bonds. The molecule has 0 fully saturated rings. The van der Waals surface area contributed by atoms with Gasteiger partial charge in [-0.25, -0.2) is 4.21 Å². The second-order valence-electron chi connectivity index (χ2n) is 8.05. The summed E-state index contributed by atoms with van der Waals surface area (Å²) >= 11 is 6.04. The Bertz CT molecular complexity index is 1280. The van der Waals surface area contributed by atoms with Gasteiger partial charge in [0.15, 0.2) is 6.29 Å². The van der Waals surface area contributed by atoms with Crippen LogP contribution in [0.5, 0.6) is 0 Å². The maximum Gasteiger partial charge on any atom is 0.259 e. The van der Waals surface area contributed by atoms with Crippen LogP contribution in [0.15, 0.2) is 76.5 Å². The lowest BCUT2D eigenvalue weighted by Gasteiger charge is -2.25. The number of methoxy groups -OCH3 is 2. The molecule has 0 N–H and O–H groups in total. The Balaban J connectivity index is 1.79. The van der Waals surface area contributed by atoms with Crippen molar-refractivity contribution < 1.29 is 23.3 Å². The second-order valence-corrected chi connectivity index (χ2v) is 9.91. The van der Waals surface area contributed by atoms with Gasteiger partial charge in [0.25, 0.3) is 11.8 Å². The van der Waals surface area contributed by atoms with E-state index in [2.05, 4.69) is 0 Å². The summed E-state index contributed by atoms with van der Waals surface area (Å²) in [5, 5.41) is 0.587. The molecule has 0 spiro atoms. The van der Waals surface area contributed by atoms with E-state index >= 15 is 0 Å². The Hall–Kier alpha value is -3.04. The Morgan fingerprint density at radius 1 is 1.03 bits per heavy atom. The Kier molecular flexibility index (Phi) is 7.66. The number of benzene rings is 3. The smallest absolute Gasteiger partial charge is 0.259 e. The molecule has 0 aliphatic carbocycles. The van der Waals surface area contributed by atoms with Crippen LogP contribution >= 0.6 is 11.6 Å². The van der Waals surface area contributed by atoms with Crippen LogP contribution in [0.4, 0.5) is 5.69 Å². The lowest BCUT2D eigenvalue weighted by molar-refractivity contribution is -0.110. The van der Waals surface area contributed by atoms with Gasteiger partial charge >= 0.3 is 0 Å². The molecular weight excluding hydrogens is 488 g/mol. The first kappa shape index (κ1) is 25.1. The number of amides is 2. The molecule has 0 aromatic heterocycles. The van der Waals surface area contributed by atoms with Crippen molar-refractivity contribution in [3.8, 4) is 0 Å². The zero-order chi connectivity index (χ0) is 25.1. The molecule has 1 heterocycles. The van der Waals surface area contributed by atoms with Crippen molar-refractivity contribution in [2.75, 3.05) is 32.7 Å². The molecule has 1 atom stereocenters. The number of anilines is 1. The van der Waals surface area contributed by atoms with Crippen molar-refractivity contribution in [3.63, 3.8) is 0 Å². The highest BCUT2D eigenvalue weighted by molar-refractivity contribution is 7.85. The highest BCUT2D eigenvalue weighted by Crippen LogP contribution is 2.36. The molecule has 1 aliphatic rings. The van der Waals surface area contributed by atoms with Crippen LogP contribution in [-0.2, 0) is 26.8 Å². The van der Waals surface area contributed by atoms with E-state index in [1.807, 2.05) is 12.1 Å². The Morgan fingerprint density at radius 3 is 2.40 bits per heavy atom. The summed E-state index contributed by atoms with van der Waals surface area (Å²) in [6, 6.07) is 19.0. The standard InChI is InChI=1S/C26H25ClN2O5S/c1-28(16-24(33-2)34-3)25(30)18-10-13-23-21(14-18)29(15-17-8-11-19(27)12-9-17)26(31)20-6-4-5-7-22(20)35(23)32/h4-14,24H,15-16H2,1-3H3/t35-/m1/s1. The van der Waals surface area contributed by atoms with Gasteiger partial charge in [-0.15, -0.1) is 0 Å². The van der Waals surface area contributed by atoms with E-state index in [1.165, 1.54) is 19.1 Å². The molecule has 1 aliphatic heterocycles. The van der Waals surface area contributed by atoms with Gasteiger partial charge in [-0.05, 0) is 48.0 Å². The summed E-state index contributed by atoms with van der Waals surface area (Å²) < 4.78 is 23.9. The molecular formula is C26H25ClN2O5S. The number of likely N-dealkylation sites (N-methyl/N-ethyl adjacent to an activating group) is 1. The Labute approximate surface area is 211 Å². The first-order chi connectivity index (χ1) is 16.8. The predicted molar refractivity (Wildman–Crippen MR) is 134 cm³/mol. The monoisotopic (exact) mass is 512 g/mol. The average Bonchev–Trinajstić information content (AvgIpc) is 2.97. The summed E-state index contributed by atoms with van der Waals surface area (Å²) in [5.74, 6) is -0.572. The third kappa shape index (κ3) is 5.16. The summed E-state index contributed by atoms with van der Waals surface area (Å²) in [4.78, 5) is 30.8. The molecule has 182 valence electrons. The third-order valence-corrected chi connectivity index (χ3v) is 7.56. The van der Waals surface area contributed by atoms with Crippen molar-refractivity contribution in [3.05, 3.63) is 88.4 Å². The normalized spacial score (nSPS) is 14.9. The van der Waals surface area contributed by atoms with E-state index in [4.69, 9.17) is 21.1 Å². The number of nitrogens with zero attached hydrogens (tertiary/aromatic N) is 2. The molecule has 35 heavy (non-hydrogen) atoms.